The Labute approximate surface area is 192 Å². The van der Waals surface area contributed by atoms with E-state index < -0.39 is 34.7 Å². The van der Waals surface area contributed by atoms with Crippen molar-refractivity contribution >= 4 is 17.9 Å². The second-order valence-corrected chi connectivity index (χ2v) is 9.04. The third-order valence-corrected chi connectivity index (χ3v) is 5.58. The van der Waals surface area contributed by atoms with Gasteiger partial charge in [0.15, 0.2) is 0 Å². The van der Waals surface area contributed by atoms with E-state index in [1.54, 1.807) is 6.92 Å². The van der Waals surface area contributed by atoms with Gasteiger partial charge in [0.2, 0.25) is 0 Å². The van der Waals surface area contributed by atoms with Crippen LogP contribution in [0.1, 0.15) is 52.5 Å². The molecule has 0 aliphatic heterocycles. The average Bonchev–Trinajstić information content (AvgIpc) is 2.74. The Morgan fingerprint density at radius 1 is 1.16 bits per heavy atom. The summed E-state index contributed by atoms with van der Waals surface area (Å²) in [5, 5.41) is 9.85. The lowest BCUT2D eigenvalue weighted by Gasteiger charge is -2.34. The molecule has 0 spiro atoms. The Bertz CT molecular complexity index is 748. The second-order valence-electron chi connectivity index (χ2n) is 9.04. The fourth-order valence-corrected chi connectivity index (χ4v) is 3.57. The summed E-state index contributed by atoms with van der Waals surface area (Å²) in [6.45, 7) is 14.8. The smallest absolute Gasteiger partial charge is 0.312 e. The molecule has 1 N–H and O–H groups in total. The molecule has 1 aromatic carbocycles. The van der Waals surface area contributed by atoms with Crippen LogP contribution < -0.4 is 0 Å². The van der Waals surface area contributed by atoms with Crippen LogP contribution in [0.25, 0.3) is 0 Å². The van der Waals surface area contributed by atoms with E-state index in [0.29, 0.717) is 6.42 Å². The van der Waals surface area contributed by atoms with Crippen molar-refractivity contribution < 1.29 is 29.0 Å². The number of hydrogen-bond acceptors (Lipinski definition) is 6. The van der Waals surface area contributed by atoms with Crippen LogP contribution >= 0.6 is 0 Å². The fraction of sp³-hybridized carbons (Fsp3) is 0.600. The van der Waals surface area contributed by atoms with Crippen molar-refractivity contribution in [2.45, 2.75) is 53.6 Å². The van der Waals surface area contributed by atoms with E-state index in [2.05, 4.69) is 4.90 Å². The number of carbonyl (C=O) groups excluding carboxylic acids is 2. The molecule has 1 aromatic rings. The van der Waals surface area contributed by atoms with Crippen molar-refractivity contribution in [3.05, 3.63) is 42.8 Å². The Hall–Kier alpha value is -2.41. The van der Waals surface area contributed by atoms with Crippen LogP contribution in [-0.2, 0) is 30.5 Å². The van der Waals surface area contributed by atoms with Crippen LogP contribution in [-0.4, -0.2) is 54.7 Å². The number of aliphatic carboxylic acids is 1. The van der Waals surface area contributed by atoms with Gasteiger partial charge in [-0.25, -0.2) is 0 Å². The van der Waals surface area contributed by atoms with Gasteiger partial charge in [0.05, 0.1) is 23.4 Å². The summed E-state index contributed by atoms with van der Waals surface area (Å²) in [4.78, 5) is 39.1. The molecule has 2 radical (unpaired) electrons. The number of carboxylic acids is 1. The maximum Gasteiger partial charge on any atom is 0.312 e. The summed E-state index contributed by atoms with van der Waals surface area (Å²) in [7, 11) is 1.98. The minimum Gasteiger partial charge on any atom is -0.481 e. The molecule has 0 fully saturated rings. The average molecular weight is 448 g/mol. The second kappa shape index (κ2) is 12.6. The van der Waals surface area contributed by atoms with E-state index in [1.165, 1.54) is 13.8 Å². The van der Waals surface area contributed by atoms with Gasteiger partial charge in [-0.1, -0.05) is 44.2 Å². The van der Waals surface area contributed by atoms with Crippen LogP contribution in [0, 0.1) is 23.7 Å². The highest BCUT2D eigenvalue weighted by Crippen LogP contribution is 2.40. The standard InChI is InChI=1S/C25H37NO6/c1-7-26(6)14-11-15-31-21(27)19(2)16-25(5,22(28)29)18-24(3,4)23(30)32-17-20-12-9-8-10-13-20/h3,8-10,12-13,19H,7,11,14-18H2,1-2,4-6H3,(H,28,29). The highest BCUT2D eigenvalue weighted by molar-refractivity contribution is 5.81. The number of ether oxygens (including phenoxy) is 2. The number of rotatable bonds is 14. The monoisotopic (exact) mass is 447 g/mol. The Morgan fingerprint density at radius 2 is 1.78 bits per heavy atom. The third kappa shape index (κ3) is 8.99. The molecule has 32 heavy (non-hydrogen) atoms. The summed E-state index contributed by atoms with van der Waals surface area (Å²) >= 11 is 0. The van der Waals surface area contributed by atoms with E-state index in [-0.39, 0.29) is 26.1 Å². The molecule has 7 nitrogen and oxygen atoms in total. The van der Waals surface area contributed by atoms with Crippen molar-refractivity contribution in [1.82, 2.24) is 4.90 Å². The lowest BCUT2D eigenvalue weighted by atomic mass is 9.70. The third-order valence-electron chi connectivity index (χ3n) is 5.58. The van der Waals surface area contributed by atoms with Crippen LogP contribution in [0.5, 0.6) is 0 Å². The van der Waals surface area contributed by atoms with Gasteiger partial charge in [-0.05, 0) is 59.2 Å². The molecule has 0 aliphatic rings. The highest BCUT2D eigenvalue weighted by Gasteiger charge is 2.45. The van der Waals surface area contributed by atoms with Crippen molar-refractivity contribution in [3.8, 4) is 0 Å². The zero-order valence-electron chi connectivity index (χ0n) is 19.9. The Balaban J connectivity index is 2.68. The summed E-state index contributed by atoms with van der Waals surface area (Å²) < 4.78 is 10.6. The zero-order valence-corrected chi connectivity index (χ0v) is 19.9. The number of esters is 2. The number of nitrogens with zero attached hydrogens (tertiary/aromatic N) is 1. The first kappa shape index (κ1) is 27.6. The molecule has 0 amide bonds. The SMILES string of the molecule is [CH]C(C)(CC(C)(CC(C)C(=O)OCCCN(C)CC)C(=O)O)C(=O)OCc1ccccc1. The van der Waals surface area contributed by atoms with E-state index >= 15 is 0 Å². The molecule has 0 aromatic heterocycles. The quantitative estimate of drug-likeness (QED) is 0.342. The van der Waals surface area contributed by atoms with Crippen molar-refractivity contribution in [3.63, 3.8) is 0 Å². The van der Waals surface area contributed by atoms with E-state index in [0.717, 1.165) is 18.7 Å². The molecule has 0 saturated heterocycles. The van der Waals surface area contributed by atoms with Crippen molar-refractivity contribution in [1.29, 1.82) is 0 Å². The normalized spacial score (nSPS) is 14.5. The fourth-order valence-electron chi connectivity index (χ4n) is 3.57. The largest absolute Gasteiger partial charge is 0.481 e. The molecule has 0 saturated carbocycles. The first-order chi connectivity index (χ1) is 14.9. The number of carbonyl (C=O) groups is 3. The summed E-state index contributed by atoms with van der Waals surface area (Å²) in [5.74, 6) is -2.93. The predicted octanol–water partition coefficient (Wildman–Crippen LogP) is 3.84. The summed E-state index contributed by atoms with van der Waals surface area (Å²) in [6, 6.07) is 9.14. The first-order valence-corrected chi connectivity index (χ1v) is 11.0. The predicted molar refractivity (Wildman–Crippen MR) is 122 cm³/mol. The van der Waals surface area contributed by atoms with Gasteiger partial charge in [0, 0.05) is 6.54 Å². The maximum absolute atomic E-state index is 12.6. The van der Waals surface area contributed by atoms with Crippen LogP contribution in [0.3, 0.4) is 0 Å². The number of carboxylic acid groups (broad SMARTS) is 1. The maximum atomic E-state index is 12.6. The molecule has 3 atom stereocenters. The topological polar surface area (TPSA) is 93.1 Å². The summed E-state index contributed by atoms with van der Waals surface area (Å²) in [5.41, 5.74) is -2.13. The minimum atomic E-state index is -1.53. The Kier molecular flexibility index (Phi) is 10.9. The zero-order chi connectivity index (χ0) is 24.4. The molecule has 0 heterocycles. The van der Waals surface area contributed by atoms with E-state index in [1.807, 2.05) is 44.3 Å². The highest BCUT2D eigenvalue weighted by atomic mass is 16.5. The number of benzene rings is 1. The molecule has 178 valence electrons. The van der Waals surface area contributed by atoms with Crippen LogP contribution in [0.15, 0.2) is 30.3 Å². The van der Waals surface area contributed by atoms with Gasteiger partial charge < -0.3 is 19.5 Å². The van der Waals surface area contributed by atoms with Gasteiger partial charge in [0.25, 0.3) is 0 Å². The van der Waals surface area contributed by atoms with E-state index in [9.17, 15) is 19.5 Å². The first-order valence-electron chi connectivity index (χ1n) is 11.0. The van der Waals surface area contributed by atoms with Gasteiger partial charge in [0.1, 0.15) is 6.61 Å². The Morgan fingerprint density at radius 3 is 2.34 bits per heavy atom. The van der Waals surface area contributed by atoms with Crippen LogP contribution in [0.2, 0.25) is 0 Å². The van der Waals surface area contributed by atoms with Crippen LogP contribution in [0.4, 0.5) is 0 Å². The number of hydrogen-bond donors (Lipinski definition) is 1. The minimum absolute atomic E-state index is 0.00517. The van der Waals surface area contributed by atoms with E-state index in [4.69, 9.17) is 16.4 Å². The van der Waals surface area contributed by atoms with Gasteiger partial charge in [-0.3, -0.25) is 14.4 Å². The van der Waals surface area contributed by atoms with Crippen molar-refractivity contribution in [2.24, 2.45) is 16.7 Å². The van der Waals surface area contributed by atoms with Crippen molar-refractivity contribution in [2.75, 3.05) is 26.7 Å². The molecule has 7 heteroatoms. The molecule has 0 bridgehead atoms. The lowest BCUT2D eigenvalue weighted by Crippen LogP contribution is -2.40. The lowest BCUT2D eigenvalue weighted by molar-refractivity contribution is -0.160. The molecule has 3 unspecified atom stereocenters. The van der Waals surface area contributed by atoms with Gasteiger partial charge in [-0.2, -0.15) is 0 Å². The molecular formula is C25H37NO6. The molecular weight excluding hydrogens is 410 g/mol. The molecule has 1 rings (SSSR count). The summed E-state index contributed by atoms with van der Waals surface area (Å²) in [6.07, 6.45) is 0.518. The van der Waals surface area contributed by atoms with Gasteiger partial charge >= 0.3 is 17.9 Å². The molecule has 0 aliphatic carbocycles. The van der Waals surface area contributed by atoms with Gasteiger partial charge in [-0.15, -0.1) is 0 Å².